The molecule has 0 spiro atoms. The van der Waals surface area contributed by atoms with Gasteiger partial charge in [-0.1, -0.05) is 12.1 Å². The Morgan fingerprint density at radius 2 is 1.96 bits per heavy atom. The number of methoxy groups -OCH3 is 1. The summed E-state index contributed by atoms with van der Waals surface area (Å²) in [7, 11) is 1.68. The first kappa shape index (κ1) is 21.1. The SMILES string of the molecule is COc1ccc(CN2CCCN(C(=O)C(C)OCC3CCCCO3)CC2)cc1. The van der Waals surface area contributed by atoms with Crippen molar-refractivity contribution in [3.05, 3.63) is 29.8 Å². The second-order valence-electron chi connectivity index (χ2n) is 7.77. The molecule has 156 valence electrons. The maximum Gasteiger partial charge on any atom is 0.251 e. The van der Waals surface area contributed by atoms with E-state index < -0.39 is 6.10 Å². The molecular formula is C22H34N2O4. The van der Waals surface area contributed by atoms with E-state index in [4.69, 9.17) is 14.2 Å². The van der Waals surface area contributed by atoms with Crippen LogP contribution in [0.4, 0.5) is 0 Å². The summed E-state index contributed by atoms with van der Waals surface area (Å²) in [5.41, 5.74) is 1.27. The predicted octanol–water partition coefficient (Wildman–Crippen LogP) is 2.70. The molecule has 6 nitrogen and oxygen atoms in total. The number of hydrogen-bond acceptors (Lipinski definition) is 5. The van der Waals surface area contributed by atoms with E-state index in [1.54, 1.807) is 7.11 Å². The molecule has 2 saturated heterocycles. The topological polar surface area (TPSA) is 51.2 Å². The van der Waals surface area contributed by atoms with Crippen LogP contribution in [-0.2, 0) is 20.8 Å². The number of hydrogen-bond donors (Lipinski definition) is 0. The van der Waals surface area contributed by atoms with Gasteiger partial charge in [-0.15, -0.1) is 0 Å². The van der Waals surface area contributed by atoms with E-state index in [1.807, 2.05) is 24.0 Å². The van der Waals surface area contributed by atoms with Crippen LogP contribution in [0.25, 0.3) is 0 Å². The van der Waals surface area contributed by atoms with E-state index in [0.717, 1.165) is 64.3 Å². The molecule has 2 heterocycles. The first-order valence-corrected chi connectivity index (χ1v) is 10.5. The van der Waals surface area contributed by atoms with E-state index in [1.165, 1.54) is 12.0 Å². The molecule has 2 fully saturated rings. The van der Waals surface area contributed by atoms with Crippen molar-refractivity contribution in [1.82, 2.24) is 9.80 Å². The van der Waals surface area contributed by atoms with Gasteiger partial charge in [0.1, 0.15) is 11.9 Å². The van der Waals surface area contributed by atoms with Crippen molar-refractivity contribution in [3.63, 3.8) is 0 Å². The van der Waals surface area contributed by atoms with Gasteiger partial charge >= 0.3 is 0 Å². The molecule has 1 aromatic carbocycles. The maximum absolute atomic E-state index is 12.8. The number of carbonyl (C=O) groups is 1. The van der Waals surface area contributed by atoms with Crippen LogP contribution in [-0.4, -0.2) is 74.4 Å². The Bertz CT molecular complexity index is 601. The van der Waals surface area contributed by atoms with Gasteiger partial charge in [0, 0.05) is 39.3 Å². The van der Waals surface area contributed by atoms with E-state index in [-0.39, 0.29) is 12.0 Å². The molecule has 0 radical (unpaired) electrons. The molecule has 2 unspecified atom stereocenters. The molecule has 1 aromatic rings. The van der Waals surface area contributed by atoms with Crippen LogP contribution in [0.15, 0.2) is 24.3 Å². The lowest BCUT2D eigenvalue weighted by Gasteiger charge is -2.27. The van der Waals surface area contributed by atoms with Gasteiger partial charge in [0.15, 0.2) is 0 Å². The molecule has 0 saturated carbocycles. The summed E-state index contributed by atoms with van der Waals surface area (Å²) in [6, 6.07) is 8.21. The molecule has 6 heteroatoms. The second kappa shape index (κ2) is 10.8. The Morgan fingerprint density at radius 3 is 2.68 bits per heavy atom. The maximum atomic E-state index is 12.8. The molecule has 0 bridgehead atoms. The lowest BCUT2D eigenvalue weighted by atomic mass is 10.1. The van der Waals surface area contributed by atoms with Crippen LogP contribution in [0.2, 0.25) is 0 Å². The molecule has 0 N–H and O–H groups in total. The largest absolute Gasteiger partial charge is 0.497 e. The Balaban J connectivity index is 1.43. The highest BCUT2D eigenvalue weighted by atomic mass is 16.5. The van der Waals surface area contributed by atoms with E-state index in [9.17, 15) is 4.79 Å². The third-order valence-corrected chi connectivity index (χ3v) is 5.62. The smallest absolute Gasteiger partial charge is 0.251 e. The fraction of sp³-hybridized carbons (Fsp3) is 0.682. The van der Waals surface area contributed by atoms with Gasteiger partial charge in [-0.2, -0.15) is 0 Å². The fourth-order valence-electron chi connectivity index (χ4n) is 3.86. The van der Waals surface area contributed by atoms with Crippen molar-refractivity contribution in [3.8, 4) is 5.75 Å². The fourth-order valence-corrected chi connectivity index (χ4v) is 3.86. The Morgan fingerprint density at radius 1 is 1.14 bits per heavy atom. The van der Waals surface area contributed by atoms with Gasteiger partial charge in [0.05, 0.1) is 19.8 Å². The van der Waals surface area contributed by atoms with E-state index in [0.29, 0.717) is 6.61 Å². The minimum Gasteiger partial charge on any atom is -0.497 e. The van der Waals surface area contributed by atoms with Gasteiger partial charge in [-0.25, -0.2) is 0 Å². The van der Waals surface area contributed by atoms with Crippen LogP contribution in [0.3, 0.4) is 0 Å². The average Bonchev–Trinajstić information content (AvgIpc) is 2.98. The predicted molar refractivity (Wildman–Crippen MR) is 108 cm³/mol. The zero-order valence-corrected chi connectivity index (χ0v) is 17.3. The van der Waals surface area contributed by atoms with Gasteiger partial charge < -0.3 is 19.1 Å². The Kier molecular flexibility index (Phi) is 8.13. The van der Waals surface area contributed by atoms with Crippen molar-refractivity contribution in [2.45, 2.75) is 51.4 Å². The summed E-state index contributed by atoms with van der Waals surface area (Å²) in [5, 5.41) is 0. The van der Waals surface area contributed by atoms with Crippen LogP contribution in [0.5, 0.6) is 5.75 Å². The quantitative estimate of drug-likeness (QED) is 0.717. The molecule has 0 aliphatic carbocycles. The van der Waals surface area contributed by atoms with Crippen molar-refractivity contribution < 1.29 is 19.0 Å². The number of ether oxygens (including phenoxy) is 3. The zero-order valence-electron chi connectivity index (χ0n) is 17.3. The van der Waals surface area contributed by atoms with Crippen LogP contribution in [0.1, 0.15) is 38.2 Å². The van der Waals surface area contributed by atoms with Crippen LogP contribution in [0, 0.1) is 0 Å². The van der Waals surface area contributed by atoms with Gasteiger partial charge in [0.25, 0.3) is 5.91 Å². The highest BCUT2D eigenvalue weighted by Gasteiger charge is 2.25. The minimum atomic E-state index is -0.404. The molecular weight excluding hydrogens is 356 g/mol. The van der Waals surface area contributed by atoms with Crippen molar-refractivity contribution in [1.29, 1.82) is 0 Å². The summed E-state index contributed by atoms with van der Waals surface area (Å²) in [6.07, 6.45) is 4.08. The van der Waals surface area contributed by atoms with Crippen molar-refractivity contribution >= 4 is 5.91 Å². The molecule has 2 aliphatic rings. The van der Waals surface area contributed by atoms with Crippen LogP contribution < -0.4 is 4.74 Å². The standard InChI is InChI=1S/C22H34N2O4/c1-18(28-17-21-6-3-4-15-27-21)22(25)24-12-5-11-23(13-14-24)16-19-7-9-20(26-2)10-8-19/h7-10,18,21H,3-6,11-17H2,1-2H3. The summed E-state index contributed by atoms with van der Waals surface area (Å²) in [6.45, 7) is 7.53. The number of carbonyl (C=O) groups excluding carboxylic acids is 1. The summed E-state index contributed by atoms with van der Waals surface area (Å²) < 4.78 is 16.8. The molecule has 1 amide bonds. The van der Waals surface area contributed by atoms with E-state index >= 15 is 0 Å². The first-order chi connectivity index (χ1) is 13.7. The Hall–Kier alpha value is -1.63. The van der Waals surface area contributed by atoms with E-state index in [2.05, 4.69) is 17.0 Å². The highest BCUT2D eigenvalue weighted by Crippen LogP contribution is 2.16. The zero-order chi connectivity index (χ0) is 19.8. The molecule has 2 aliphatic heterocycles. The normalized spacial score (nSPS) is 22.5. The number of amides is 1. The highest BCUT2D eigenvalue weighted by molar-refractivity contribution is 5.80. The Labute approximate surface area is 168 Å². The molecule has 28 heavy (non-hydrogen) atoms. The lowest BCUT2D eigenvalue weighted by molar-refractivity contribution is -0.146. The molecule has 0 aromatic heterocycles. The second-order valence-corrected chi connectivity index (χ2v) is 7.77. The van der Waals surface area contributed by atoms with Crippen molar-refractivity contribution in [2.75, 3.05) is 46.5 Å². The molecule has 3 rings (SSSR count). The van der Waals surface area contributed by atoms with Gasteiger partial charge in [0.2, 0.25) is 0 Å². The minimum absolute atomic E-state index is 0.0992. The third-order valence-electron chi connectivity index (χ3n) is 5.62. The molecule has 2 atom stereocenters. The summed E-state index contributed by atoms with van der Waals surface area (Å²) in [4.78, 5) is 17.2. The number of rotatable bonds is 7. The van der Waals surface area contributed by atoms with Crippen molar-refractivity contribution in [2.24, 2.45) is 0 Å². The lowest BCUT2D eigenvalue weighted by Crippen LogP contribution is -2.42. The summed E-state index contributed by atoms with van der Waals surface area (Å²) in [5.74, 6) is 0.978. The first-order valence-electron chi connectivity index (χ1n) is 10.5. The number of benzene rings is 1. The average molecular weight is 391 g/mol. The number of nitrogens with zero attached hydrogens (tertiary/aromatic N) is 2. The van der Waals surface area contributed by atoms with Gasteiger partial charge in [-0.3, -0.25) is 9.69 Å². The van der Waals surface area contributed by atoms with Crippen LogP contribution >= 0.6 is 0 Å². The third kappa shape index (κ3) is 6.19. The summed E-state index contributed by atoms with van der Waals surface area (Å²) >= 11 is 0. The van der Waals surface area contributed by atoms with Gasteiger partial charge in [-0.05, 0) is 50.3 Å². The monoisotopic (exact) mass is 390 g/mol.